The van der Waals surface area contributed by atoms with E-state index in [4.69, 9.17) is 9.42 Å². The molecule has 21 heavy (non-hydrogen) atoms. The molecule has 0 amide bonds. The quantitative estimate of drug-likeness (QED) is 0.459. The van der Waals surface area contributed by atoms with Crippen LogP contribution in [0.15, 0.2) is 24.3 Å². The van der Waals surface area contributed by atoms with Crippen LogP contribution in [0.4, 0.5) is 0 Å². The first-order valence-electron chi connectivity index (χ1n) is 8.02. The summed E-state index contributed by atoms with van der Waals surface area (Å²) >= 11 is 0. The molecule has 0 saturated carbocycles. The van der Waals surface area contributed by atoms with Crippen LogP contribution in [-0.2, 0) is 21.1 Å². The highest BCUT2D eigenvalue weighted by Gasteiger charge is 2.38. The third kappa shape index (κ3) is 5.50. The molecule has 1 atom stereocenters. The zero-order chi connectivity index (χ0) is 15.7. The highest BCUT2D eigenvalue weighted by molar-refractivity contribution is 7.32. The molecule has 118 valence electrons. The van der Waals surface area contributed by atoms with E-state index in [1.807, 2.05) is 26.0 Å². The molecule has 3 nitrogen and oxygen atoms in total. The molecule has 0 aliphatic carbocycles. The zero-order valence-corrected chi connectivity index (χ0v) is 14.4. The molecular weight excluding hydrogens is 283 g/mol. The van der Waals surface area contributed by atoms with Gasteiger partial charge in [-0.1, -0.05) is 64.3 Å². The van der Waals surface area contributed by atoms with Crippen LogP contribution in [-0.4, -0.2) is 4.89 Å². The van der Waals surface area contributed by atoms with Gasteiger partial charge in [0.05, 0.1) is 0 Å². The number of unbranched alkanes of at least 4 members (excludes halogenated alkanes) is 3. The number of aryl methyl sites for hydroxylation is 1. The van der Waals surface area contributed by atoms with Crippen molar-refractivity contribution in [2.75, 3.05) is 0 Å². The van der Waals surface area contributed by atoms with Crippen LogP contribution in [0.3, 0.4) is 0 Å². The summed E-state index contributed by atoms with van der Waals surface area (Å²) in [5.74, 6) is 0. The van der Waals surface area contributed by atoms with Crippen LogP contribution in [0.2, 0.25) is 0 Å². The second kappa shape index (κ2) is 9.30. The molecule has 0 aromatic heterocycles. The summed E-state index contributed by atoms with van der Waals surface area (Å²) in [5.41, 5.74) is 1.66. The van der Waals surface area contributed by atoms with E-state index >= 15 is 0 Å². The summed E-state index contributed by atoms with van der Waals surface area (Å²) in [5, 5.41) is 0. The van der Waals surface area contributed by atoms with Gasteiger partial charge in [-0.05, 0) is 36.8 Å². The summed E-state index contributed by atoms with van der Waals surface area (Å²) in [6.07, 6.45) is 7.51. The summed E-state index contributed by atoms with van der Waals surface area (Å²) < 4.78 is 16.4. The average molecular weight is 311 g/mol. The third-order valence-corrected chi connectivity index (χ3v) is 4.70. The van der Waals surface area contributed by atoms with Gasteiger partial charge in [-0.25, -0.2) is 0 Å². The predicted octanol–water partition coefficient (Wildman–Crippen LogP) is 5.49. The summed E-state index contributed by atoms with van der Waals surface area (Å²) in [6.45, 7) is 6.19. The molecule has 0 radical (unpaired) electrons. The van der Waals surface area contributed by atoms with Gasteiger partial charge >= 0.3 is 8.25 Å². The van der Waals surface area contributed by atoms with E-state index in [1.165, 1.54) is 31.2 Å². The van der Waals surface area contributed by atoms with Gasteiger partial charge < -0.3 is 0 Å². The van der Waals surface area contributed by atoms with Crippen molar-refractivity contribution in [3.63, 3.8) is 0 Å². The van der Waals surface area contributed by atoms with Gasteiger partial charge in [-0.2, -0.15) is 0 Å². The van der Waals surface area contributed by atoms with Crippen molar-refractivity contribution in [2.24, 2.45) is 0 Å². The second-order valence-electron chi connectivity index (χ2n) is 5.54. The van der Waals surface area contributed by atoms with E-state index in [1.54, 1.807) is 0 Å². The predicted molar refractivity (Wildman–Crippen MR) is 87.5 cm³/mol. The summed E-state index contributed by atoms with van der Waals surface area (Å²) in [4.78, 5) is 9.12. The van der Waals surface area contributed by atoms with E-state index in [-0.39, 0.29) is 0 Å². The molecular formula is C17H28O3P+. The van der Waals surface area contributed by atoms with Crippen molar-refractivity contribution < 1.29 is 14.0 Å². The maximum absolute atomic E-state index is 11.1. The van der Waals surface area contributed by atoms with E-state index in [0.29, 0.717) is 12.8 Å². The molecule has 1 rings (SSSR count). The van der Waals surface area contributed by atoms with Gasteiger partial charge in [0.2, 0.25) is 0 Å². The number of hydrogen-bond acceptors (Lipinski definition) is 2. The van der Waals surface area contributed by atoms with Gasteiger partial charge in [0.1, 0.15) is 0 Å². The lowest BCUT2D eigenvalue weighted by Gasteiger charge is -2.25. The monoisotopic (exact) mass is 311 g/mol. The van der Waals surface area contributed by atoms with Crippen molar-refractivity contribution in [2.45, 2.75) is 71.3 Å². The van der Waals surface area contributed by atoms with Crippen LogP contribution >= 0.6 is 8.25 Å². The SMILES string of the molecule is CCCCCCc1ccc(C(CC)(CC)O[P+](=O)O)cc1. The minimum Gasteiger partial charge on any atom is -0.133 e. The highest BCUT2D eigenvalue weighted by Crippen LogP contribution is 2.40. The summed E-state index contributed by atoms with van der Waals surface area (Å²) in [6, 6.07) is 8.33. The molecule has 0 heterocycles. The first kappa shape index (κ1) is 18.3. The Morgan fingerprint density at radius 3 is 2.14 bits per heavy atom. The second-order valence-corrected chi connectivity index (χ2v) is 6.20. The Hall–Kier alpha value is -0.760. The lowest BCUT2D eigenvalue weighted by atomic mass is 9.88. The van der Waals surface area contributed by atoms with Crippen molar-refractivity contribution in [3.05, 3.63) is 35.4 Å². The fraction of sp³-hybridized carbons (Fsp3) is 0.647. The van der Waals surface area contributed by atoms with Crippen LogP contribution < -0.4 is 0 Å². The van der Waals surface area contributed by atoms with Crippen molar-refractivity contribution in [3.8, 4) is 0 Å². The van der Waals surface area contributed by atoms with Crippen molar-refractivity contribution in [1.82, 2.24) is 0 Å². The smallest absolute Gasteiger partial charge is 0.133 e. The molecule has 0 fully saturated rings. The minimum absolute atomic E-state index is 0.650. The van der Waals surface area contributed by atoms with Crippen molar-refractivity contribution >= 4 is 8.25 Å². The molecule has 0 spiro atoms. The Morgan fingerprint density at radius 2 is 1.67 bits per heavy atom. The zero-order valence-electron chi connectivity index (χ0n) is 13.5. The Kier molecular flexibility index (Phi) is 8.10. The van der Waals surface area contributed by atoms with Gasteiger partial charge in [0, 0.05) is 4.57 Å². The van der Waals surface area contributed by atoms with Gasteiger partial charge in [-0.3, -0.25) is 0 Å². The number of rotatable bonds is 10. The lowest BCUT2D eigenvalue weighted by molar-refractivity contribution is 0.0536. The van der Waals surface area contributed by atoms with Gasteiger partial charge in [0.25, 0.3) is 0 Å². The van der Waals surface area contributed by atoms with E-state index in [0.717, 1.165) is 12.0 Å². The minimum atomic E-state index is -2.60. The lowest BCUT2D eigenvalue weighted by Crippen LogP contribution is -2.25. The molecule has 0 aliphatic rings. The molecule has 4 heteroatoms. The molecule has 0 bridgehead atoms. The standard InChI is InChI=1S/C17H27O3P/c1-4-7-8-9-10-15-11-13-16(14-12-15)17(5-2,6-3)20-21(18)19/h11-14H,4-10H2,1-3H3/p+1. The molecule has 1 aromatic carbocycles. The van der Waals surface area contributed by atoms with Crippen LogP contribution in [0, 0.1) is 0 Å². The molecule has 0 saturated heterocycles. The Morgan fingerprint density at radius 1 is 1.05 bits per heavy atom. The maximum Gasteiger partial charge on any atom is 0.695 e. The average Bonchev–Trinajstić information content (AvgIpc) is 2.50. The molecule has 1 N–H and O–H groups in total. The fourth-order valence-corrected chi connectivity index (χ4v) is 3.38. The third-order valence-electron chi connectivity index (χ3n) is 4.19. The van der Waals surface area contributed by atoms with Crippen LogP contribution in [0.5, 0.6) is 0 Å². The molecule has 0 aliphatic heterocycles. The summed E-state index contributed by atoms with van der Waals surface area (Å²) in [7, 11) is -2.60. The van der Waals surface area contributed by atoms with Crippen LogP contribution in [0.25, 0.3) is 0 Å². The topological polar surface area (TPSA) is 46.5 Å². The molecule has 1 unspecified atom stereocenters. The normalized spacial score (nSPS) is 12.5. The van der Waals surface area contributed by atoms with E-state index in [9.17, 15) is 4.57 Å². The van der Waals surface area contributed by atoms with Crippen LogP contribution in [0.1, 0.15) is 70.4 Å². The van der Waals surface area contributed by atoms with E-state index in [2.05, 4.69) is 19.1 Å². The maximum atomic E-state index is 11.1. The molecule has 1 aromatic rings. The van der Waals surface area contributed by atoms with Crippen molar-refractivity contribution in [1.29, 1.82) is 0 Å². The fourth-order valence-electron chi connectivity index (χ4n) is 2.72. The van der Waals surface area contributed by atoms with E-state index < -0.39 is 13.9 Å². The van der Waals surface area contributed by atoms with Gasteiger partial charge in [0.15, 0.2) is 5.60 Å². The number of benzene rings is 1. The largest absolute Gasteiger partial charge is 0.695 e. The first-order valence-corrected chi connectivity index (χ1v) is 9.15. The highest BCUT2D eigenvalue weighted by atomic mass is 31.1. The first-order chi connectivity index (χ1) is 10.1. The van der Waals surface area contributed by atoms with Gasteiger partial charge in [-0.15, -0.1) is 9.42 Å². The Labute approximate surface area is 129 Å². The Bertz CT molecular complexity index is 424. The number of hydrogen-bond donors (Lipinski definition) is 1. The Balaban J connectivity index is 2.76.